The molecule has 0 aliphatic rings. The van der Waals surface area contributed by atoms with Gasteiger partial charge < -0.3 is 17.7 Å². The standard InChI is InChI=1S/C4H9BF3O.K/c1-4(2)9-3-5(6,7)8;/h4H,3H2,1-2H3;/q-1;+1. The van der Waals surface area contributed by atoms with Crippen molar-refractivity contribution in [1.29, 1.82) is 0 Å². The van der Waals surface area contributed by atoms with Gasteiger partial charge in [0.15, 0.2) is 0 Å². The summed E-state index contributed by atoms with van der Waals surface area (Å²) in [5.74, 6) is 0. The Kier molecular flexibility index (Phi) is 8.43. The molecule has 0 aromatic carbocycles. The van der Waals surface area contributed by atoms with E-state index in [1.807, 2.05) is 0 Å². The van der Waals surface area contributed by atoms with Crippen molar-refractivity contribution in [2.24, 2.45) is 0 Å². The molecule has 0 radical (unpaired) electrons. The largest absolute Gasteiger partial charge is 1.00 e. The topological polar surface area (TPSA) is 9.23 Å². The maximum absolute atomic E-state index is 11.4. The maximum atomic E-state index is 11.4. The molecule has 0 fully saturated rings. The predicted octanol–water partition coefficient (Wildman–Crippen LogP) is -1.20. The van der Waals surface area contributed by atoms with Gasteiger partial charge in [0.05, 0.1) is 0 Å². The summed E-state index contributed by atoms with van der Waals surface area (Å²) in [5, 5.41) is 0. The van der Waals surface area contributed by atoms with Crippen LogP contribution in [0.5, 0.6) is 0 Å². The molecular weight excluding hydrogens is 171 g/mol. The number of halogens is 3. The Labute approximate surface area is 101 Å². The van der Waals surface area contributed by atoms with Crippen LogP contribution >= 0.6 is 0 Å². The van der Waals surface area contributed by atoms with E-state index in [0.717, 1.165) is 0 Å². The summed E-state index contributed by atoms with van der Waals surface area (Å²) in [6, 6.07) is 0. The quantitative estimate of drug-likeness (QED) is 0.496. The van der Waals surface area contributed by atoms with Crippen molar-refractivity contribution in [3.63, 3.8) is 0 Å². The first-order valence-corrected chi connectivity index (χ1v) is 2.74. The van der Waals surface area contributed by atoms with Gasteiger partial charge in [-0.25, -0.2) is 0 Å². The van der Waals surface area contributed by atoms with Crippen molar-refractivity contribution in [1.82, 2.24) is 0 Å². The molecule has 0 atom stereocenters. The molecular formula is C4H9BF3KO. The van der Waals surface area contributed by atoms with E-state index in [9.17, 15) is 12.9 Å². The van der Waals surface area contributed by atoms with Crippen molar-refractivity contribution in [2.45, 2.75) is 20.0 Å². The van der Waals surface area contributed by atoms with E-state index in [4.69, 9.17) is 0 Å². The summed E-state index contributed by atoms with van der Waals surface area (Å²) in [7, 11) is 0. The Hall–Kier alpha value is 1.45. The average molecular weight is 180 g/mol. The van der Waals surface area contributed by atoms with Gasteiger partial charge in [-0.3, -0.25) is 0 Å². The van der Waals surface area contributed by atoms with E-state index >= 15 is 0 Å². The molecule has 0 bridgehead atoms. The van der Waals surface area contributed by atoms with Crippen molar-refractivity contribution in [3.8, 4) is 0 Å². The molecule has 0 aliphatic heterocycles. The van der Waals surface area contributed by atoms with Crippen LogP contribution in [0.4, 0.5) is 12.9 Å². The third-order valence-corrected chi connectivity index (χ3v) is 0.619. The molecule has 1 nitrogen and oxygen atoms in total. The minimum Gasteiger partial charge on any atom is -0.447 e. The van der Waals surface area contributed by atoms with E-state index in [2.05, 4.69) is 4.74 Å². The first-order chi connectivity index (χ1) is 3.92. The van der Waals surface area contributed by atoms with Crippen LogP contribution in [-0.2, 0) is 4.74 Å². The summed E-state index contributed by atoms with van der Waals surface area (Å²) in [6.07, 6.45) is -0.339. The van der Waals surface area contributed by atoms with Gasteiger partial charge in [-0.15, -0.1) is 0 Å². The fourth-order valence-electron chi connectivity index (χ4n) is 0.302. The zero-order chi connectivity index (χ0) is 7.49. The molecule has 0 amide bonds. The second kappa shape index (κ2) is 6.02. The molecule has 0 N–H and O–H groups in total. The first-order valence-electron chi connectivity index (χ1n) is 2.74. The molecule has 0 unspecified atom stereocenters. The van der Waals surface area contributed by atoms with E-state index in [1.54, 1.807) is 13.8 Å². The van der Waals surface area contributed by atoms with Gasteiger partial charge in [-0.1, -0.05) is 0 Å². The van der Waals surface area contributed by atoms with E-state index in [-0.39, 0.29) is 57.5 Å². The van der Waals surface area contributed by atoms with Crippen LogP contribution in [0.25, 0.3) is 0 Å². The average Bonchev–Trinajstić information content (AvgIpc) is 1.59. The predicted molar refractivity (Wildman–Crippen MR) is 30.2 cm³/mol. The molecule has 0 saturated heterocycles. The van der Waals surface area contributed by atoms with E-state index in [1.165, 1.54) is 0 Å². The molecule has 56 valence electrons. The third-order valence-electron chi connectivity index (χ3n) is 0.619. The van der Waals surface area contributed by atoms with Gasteiger partial charge in [0.25, 0.3) is 0 Å². The van der Waals surface area contributed by atoms with Crippen molar-refractivity contribution >= 4 is 6.98 Å². The summed E-state index contributed by atoms with van der Waals surface area (Å²) < 4.78 is 38.4. The molecule has 0 heterocycles. The first kappa shape index (κ1) is 14.0. The van der Waals surface area contributed by atoms with Gasteiger partial charge in [0.2, 0.25) is 0 Å². The molecule has 0 aromatic rings. The Morgan fingerprint density at radius 3 is 1.80 bits per heavy atom. The molecule has 0 saturated carbocycles. The van der Waals surface area contributed by atoms with Crippen LogP contribution in [0.1, 0.15) is 13.8 Å². The second-order valence-electron chi connectivity index (χ2n) is 2.09. The SMILES string of the molecule is CC(C)OC[B-](F)(F)F.[K+]. The number of ether oxygens (including phenoxy) is 1. The number of hydrogen-bond acceptors (Lipinski definition) is 1. The third kappa shape index (κ3) is 12.2. The van der Waals surface area contributed by atoms with Crippen molar-refractivity contribution < 1.29 is 69.1 Å². The zero-order valence-electron chi connectivity index (χ0n) is 6.40. The van der Waals surface area contributed by atoms with E-state index < -0.39 is 13.5 Å². The molecule has 0 rings (SSSR count). The smallest absolute Gasteiger partial charge is 0.447 e. The minimum atomic E-state index is -4.75. The normalized spacial score (nSPS) is 11.4. The molecule has 10 heavy (non-hydrogen) atoms. The maximum Gasteiger partial charge on any atom is 1.00 e. The van der Waals surface area contributed by atoms with Crippen LogP contribution in [-0.4, -0.2) is 19.6 Å². The Balaban J connectivity index is 0. The molecule has 0 aromatic heterocycles. The van der Waals surface area contributed by atoms with Gasteiger partial charge in [-0.05, 0) is 13.8 Å². The molecule has 6 heteroatoms. The summed E-state index contributed by atoms with van der Waals surface area (Å²) >= 11 is 0. The molecule has 0 spiro atoms. The van der Waals surface area contributed by atoms with Gasteiger partial charge in [0, 0.05) is 12.6 Å². The molecule has 0 aliphatic carbocycles. The van der Waals surface area contributed by atoms with Gasteiger partial charge in [0.1, 0.15) is 0 Å². The zero-order valence-corrected chi connectivity index (χ0v) is 9.53. The van der Waals surface area contributed by atoms with Crippen LogP contribution < -0.4 is 51.4 Å². The summed E-state index contributed by atoms with van der Waals surface area (Å²) in [4.78, 5) is 0. The van der Waals surface area contributed by atoms with Crippen LogP contribution in [0, 0.1) is 0 Å². The van der Waals surface area contributed by atoms with Crippen LogP contribution in [0.2, 0.25) is 0 Å². The summed E-state index contributed by atoms with van der Waals surface area (Å²) in [6.45, 7) is -2.70. The minimum absolute atomic E-state index is 0. The van der Waals surface area contributed by atoms with Crippen LogP contribution in [0.15, 0.2) is 0 Å². The monoisotopic (exact) mass is 180 g/mol. The number of rotatable bonds is 3. The Bertz CT molecular complexity index is 85.1. The fraction of sp³-hybridized carbons (Fsp3) is 1.00. The van der Waals surface area contributed by atoms with Gasteiger partial charge in [-0.2, -0.15) is 0 Å². The second-order valence-corrected chi connectivity index (χ2v) is 2.09. The summed E-state index contributed by atoms with van der Waals surface area (Å²) in [5.41, 5.74) is 0. The van der Waals surface area contributed by atoms with Crippen molar-refractivity contribution in [3.05, 3.63) is 0 Å². The van der Waals surface area contributed by atoms with Gasteiger partial charge >= 0.3 is 58.4 Å². The van der Waals surface area contributed by atoms with E-state index in [0.29, 0.717) is 0 Å². The Morgan fingerprint density at radius 1 is 1.30 bits per heavy atom. The van der Waals surface area contributed by atoms with Crippen LogP contribution in [0.3, 0.4) is 0 Å². The van der Waals surface area contributed by atoms with Crippen molar-refractivity contribution in [2.75, 3.05) is 6.51 Å². The number of hydrogen-bond donors (Lipinski definition) is 0. The fourth-order valence-corrected chi connectivity index (χ4v) is 0.302. The Morgan fingerprint density at radius 2 is 1.70 bits per heavy atom.